The molecule has 1 heterocycles. The highest BCUT2D eigenvalue weighted by atomic mass is 79.9. The van der Waals surface area contributed by atoms with Gasteiger partial charge < -0.3 is 4.74 Å². The van der Waals surface area contributed by atoms with Gasteiger partial charge in [-0.25, -0.2) is 0 Å². The molecule has 1 aromatic carbocycles. The van der Waals surface area contributed by atoms with Gasteiger partial charge >= 0.3 is 6.36 Å². The van der Waals surface area contributed by atoms with Crippen LogP contribution in [0.2, 0.25) is 0 Å². The molecule has 0 N–H and O–H groups in total. The molecule has 20 heavy (non-hydrogen) atoms. The van der Waals surface area contributed by atoms with Crippen molar-refractivity contribution in [1.82, 2.24) is 0 Å². The first-order chi connectivity index (χ1) is 9.26. The fraction of sp³-hybridized carbons (Fsp3) is 0.167. The summed E-state index contributed by atoms with van der Waals surface area (Å²) >= 11 is 14.6. The molecule has 0 aliphatic rings. The summed E-state index contributed by atoms with van der Waals surface area (Å²) in [7, 11) is 0. The Hall–Kier alpha value is -0.240. The van der Waals surface area contributed by atoms with Crippen molar-refractivity contribution in [2.75, 3.05) is 0 Å². The Morgan fingerprint density at radius 3 is 2.20 bits per heavy atom. The zero-order valence-electron chi connectivity index (χ0n) is 9.55. The van der Waals surface area contributed by atoms with Gasteiger partial charge in [-0.1, -0.05) is 12.1 Å². The van der Waals surface area contributed by atoms with E-state index in [4.69, 9.17) is 11.6 Å². The largest absolute Gasteiger partial charge is 0.573 e. The Kier molecular flexibility index (Phi) is 5.05. The Morgan fingerprint density at radius 1 is 1.15 bits per heavy atom. The topological polar surface area (TPSA) is 9.23 Å². The fourth-order valence-corrected chi connectivity index (χ4v) is 4.96. The van der Waals surface area contributed by atoms with Crippen LogP contribution in [0.25, 0.3) is 0 Å². The van der Waals surface area contributed by atoms with E-state index in [2.05, 4.69) is 36.6 Å². The van der Waals surface area contributed by atoms with Crippen molar-refractivity contribution in [2.24, 2.45) is 0 Å². The molecule has 1 unspecified atom stereocenters. The molecule has 0 amide bonds. The van der Waals surface area contributed by atoms with Crippen LogP contribution in [0.15, 0.2) is 37.9 Å². The molecule has 2 rings (SSSR count). The van der Waals surface area contributed by atoms with Gasteiger partial charge in [-0.05, 0) is 55.6 Å². The quantitative estimate of drug-likeness (QED) is 0.485. The minimum Gasteiger partial charge on any atom is -0.406 e. The maximum atomic E-state index is 12.1. The molecule has 0 bridgehead atoms. The third-order valence-electron chi connectivity index (χ3n) is 2.36. The van der Waals surface area contributed by atoms with Gasteiger partial charge in [-0.2, -0.15) is 0 Å². The Morgan fingerprint density at radius 2 is 1.75 bits per heavy atom. The lowest BCUT2D eigenvalue weighted by Crippen LogP contribution is -2.17. The van der Waals surface area contributed by atoms with Crippen LogP contribution < -0.4 is 4.74 Å². The molecule has 108 valence electrons. The van der Waals surface area contributed by atoms with Crippen LogP contribution in [-0.4, -0.2) is 6.36 Å². The first-order valence-electron chi connectivity index (χ1n) is 5.21. The van der Waals surface area contributed by atoms with E-state index >= 15 is 0 Å². The summed E-state index contributed by atoms with van der Waals surface area (Å²) in [5, 5.41) is -0.452. The molecule has 1 nitrogen and oxygen atoms in total. The first kappa shape index (κ1) is 16.1. The number of rotatable bonds is 3. The van der Waals surface area contributed by atoms with E-state index in [9.17, 15) is 13.2 Å². The van der Waals surface area contributed by atoms with Gasteiger partial charge in [-0.3, -0.25) is 0 Å². The average Bonchev–Trinajstić information content (AvgIpc) is 2.66. The van der Waals surface area contributed by atoms with E-state index in [1.54, 1.807) is 0 Å². The third kappa shape index (κ3) is 4.13. The number of hydrogen-bond acceptors (Lipinski definition) is 2. The van der Waals surface area contributed by atoms with Crippen molar-refractivity contribution in [2.45, 2.75) is 11.7 Å². The van der Waals surface area contributed by atoms with Crippen LogP contribution in [0.3, 0.4) is 0 Å². The summed E-state index contributed by atoms with van der Waals surface area (Å²) in [6, 6.07) is 7.38. The molecule has 8 heteroatoms. The van der Waals surface area contributed by atoms with Gasteiger partial charge in [0.2, 0.25) is 0 Å². The summed E-state index contributed by atoms with van der Waals surface area (Å²) in [4.78, 5) is 0. The van der Waals surface area contributed by atoms with Gasteiger partial charge in [0, 0.05) is 5.56 Å². The van der Waals surface area contributed by atoms with Crippen LogP contribution in [0.1, 0.15) is 16.5 Å². The monoisotopic (exact) mass is 448 g/mol. The second kappa shape index (κ2) is 6.25. The lowest BCUT2D eigenvalue weighted by molar-refractivity contribution is -0.274. The SMILES string of the molecule is FC(F)(F)Oc1ccc(C(Cl)c2cc(Br)sc2Br)cc1. The summed E-state index contributed by atoms with van der Waals surface area (Å²) < 4.78 is 41.8. The highest BCUT2D eigenvalue weighted by Crippen LogP contribution is 2.41. The number of benzene rings is 1. The zero-order valence-corrected chi connectivity index (χ0v) is 14.3. The van der Waals surface area contributed by atoms with E-state index in [1.165, 1.54) is 35.6 Å². The molecule has 0 radical (unpaired) electrons. The van der Waals surface area contributed by atoms with Crippen molar-refractivity contribution in [3.05, 3.63) is 49.0 Å². The zero-order chi connectivity index (χ0) is 14.9. The number of hydrogen-bond donors (Lipinski definition) is 0. The average molecular weight is 451 g/mol. The standard InChI is InChI=1S/C12H6Br2ClF3OS/c13-9-5-8(11(14)20-9)10(15)6-1-3-7(4-2-6)19-12(16,17)18/h1-5,10H. The van der Waals surface area contributed by atoms with Crippen LogP contribution in [0.5, 0.6) is 5.75 Å². The molecule has 0 fully saturated rings. The van der Waals surface area contributed by atoms with Gasteiger partial charge in [0.25, 0.3) is 0 Å². The third-order valence-corrected chi connectivity index (χ3v) is 5.24. The predicted molar refractivity (Wildman–Crippen MR) is 80.5 cm³/mol. The normalized spacial score (nSPS) is 13.3. The predicted octanol–water partition coefficient (Wildman–Crippen LogP) is 6.50. The second-order valence-corrected chi connectivity index (χ2v) is 7.94. The summed E-state index contributed by atoms with van der Waals surface area (Å²) in [6.45, 7) is 0. The van der Waals surface area contributed by atoms with Gasteiger partial charge in [0.15, 0.2) is 0 Å². The van der Waals surface area contributed by atoms with Crippen molar-refractivity contribution < 1.29 is 17.9 Å². The second-order valence-electron chi connectivity index (χ2n) is 3.76. The first-order valence-corrected chi connectivity index (χ1v) is 8.04. The summed E-state index contributed by atoms with van der Waals surface area (Å²) in [5.41, 5.74) is 1.54. The minimum absolute atomic E-state index is 0.268. The lowest BCUT2D eigenvalue weighted by Gasteiger charge is -2.12. The smallest absolute Gasteiger partial charge is 0.406 e. The van der Waals surface area contributed by atoms with Crippen molar-refractivity contribution in [1.29, 1.82) is 0 Å². The van der Waals surface area contributed by atoms with Crippen molar-refractivity contribution in [3.8, 4) is 5.75 Å². The highest BCUT2D eigenvalue weighted by Gasteiger charge is 2.31. The van der Waals surface area contributed by atoms with E-state index < -0.39 is 11.7 Å². The summed E-state index contributed by atoms with van der Waals surface area (Å²) in [6.07, 6.45) is -4.69. The highest BCUT2D eigenvalue weighted by molar-refractivity contribution is 9.12. The molecule has 1 atom stereocenters. The fourth-order valence-electron chi connectivity index (χ4n) is 1.54. The van der Waals surface area contributed by atoms with Gasteiger partial charge in [0.05, 0.1) is 12.9 Å². The number of halogens is 6. The van der Waals surface area contributed by atoms with E-state index in [0.717, 1.165) is 13.1 Å². The van der Waals surface area contributed by atoms with E-state index in [-0.39, 0.29) is 5.75 Å². The van der Waals surface area contributed by atoms with Crippen LogP contribution in [0.4, 0.5) is 13.2 Å². The number of ether oxygens (including phenoxy) is 1. The van der Waals surface area contributed by atoms with Crippen LogP contribution in [-0.2, 0) is 0 Å². The van der Waals surface area contributed by atoms with Gasteiger partial charge in [0.1, 0.15) is 5.75 Å². The Labute approximate surface area is 139 Å². The molecular formula is C12H6Br2ClF3OS. The van der Waals surface area contributed by atoms with E-state index in [0.29, 0.717) is 5.56 Å². The van der Waals surface area contributed by atoms with Crippen LogP contribution in [0, 0.1) is 0 Å². The molecule has 0 saturated heterocycles. The van der Waals surface area contributed by atoms with E-state index in [1.807, 2.05) is 6.07 Å². The van der Waals surface area contributed by atoms with Crippen molar-refractivity contribution in [3.63, 3.8) is 0 Å². The van der Waals surface area contributed by atoms with Crippen LogP contribution >= 0.6 is 54.8 Å². The van der Waals surface area contributed by atoms with Gasteiger partial charge in [-0.15, -0.1) is 36.1 Å². The van der Waals surface area contributed by atoms with Crippen molar-refractivity contribution >= 4 is 54.8 Å². The Bertz CT molecular complexity index is 598. The maximum Gasteiger partial charge on any atom is 0.573 e. The molecule has 0 spiro atoms. The Balaban J connectivity index is 2.19. The lowest BCUT2D eigenvalue weighted by atomic mass is 10.1. The molecule has 0 saturated carbocycles. The maximum absolute atomic E-state index is 12.1. The number of alkyl halides is 4. The molecule has 2 aromatic rings. The molecule has 0 aliphatic carbocycles. The molecule has 0 aliphatic heterocycles. The molecule has 1 aromatic heterocycles. The minimum atomic E-state index is -4.69. The molecular weight excluding hydrogens is 444 g/mol. The summed E-state index contributed by atoms with van der Waals surface area (Å²) in [5.74, 6) is -0.268. The number of thiophene rings is 1.